The second kappa shape index (κ2) is 9.61. The van der Waals surface area contributed by atoms with E-state index < -0.39 is 24.0 Å². The summed E-state index contributed by atoms with van der Waals surface area (Å²) >= 11 is 0. The molecule has 5 aromatic rings. The fourth-order valence-electron chi connectivity index (χ4n) is 4.14. The number of amides is 1. The maximum Gasteiger partial charge on any atom is 0.352 e. The van der Waals surface area contributed by atoms with Gasteiger partial charge < -0.3 is 14.8 Å². The molecule has 1 amide bonds. The van der Waals surface area contributed by atoms with E-state index in [-0.39, 0.29) is 17.9 Å². The summed E-state index contributed by atoms with van der Waals surface area (Å²) in [4.78, 5) is 39.5. The molecule has 11 heteroatoms. The Morgan fingerprint density at radius 1 is 0.973 bits per heavy atom. The van der Waals surface area contributed by atoms with Crippen molar-refractivity contribution < 1.29 is 18.7 Å². The first-order chi connectivity index (χ1) is 17.9. The zero-order valence-corrected chi connectivity index (χ0v) is 20.0. The number of hydrogen-bond acceptors (Lipinski definition) is 6. The van der Waals surface area contributed by atoms with Gasteiger partial charge in [0.05, 0.1) is 31.7 Å². The average molecular weight is 503 g/mol. The van der Waals surface area contributed by atoms with E-state index in [2.05, 4.69) is 10.4 Å². The van der Waals surface area contributed by atoms with Gasteiger partial charge in [-0.05, 0) is 42.0 Å². The second-order valence-electron chi connectivity index (χ2n) is 8.23. The minimum absolute atomic E-state index is 0.0573. The summed E-state index contributed by atoms with van der Waals surface area (Å²) in [6.45, 7) is -0.338. The van der Waals surface area contributed by atoms with Gasteiger partial charge in [0.1, 0.15) is 12.4 Å². The van der Waals surface area contributed by atoms with Crippen LogP contribution in [0.4, 0.5) is 10.1 Å². The van der Waals surface area contributed by atoms with Gasteiger partial charge in [-0.3, -0.25) is 14.2 Å². The molecular weight excluding hydrogens is 481 g/mol. The fraction of sp³-hybridized carbons (Fsp3) is 0.154. The molecule has 0 fully saturated rings. The van der Waals surface area contributed by atoms with Crippen LogP contribution in [0, 0.1) is 5.82 Å². The van der Waals surface area contributed by atoms with Crippen LogP contribution in [0.3, 0.4) is 0 Å². The van der Waals surface area contributed by atoms with Crippen molar-refractivity contribution in [3.63, 3.8) is 0 Å². The number of methoxy groups -OCH3 is 2. The van der Waals surface area contributed by atoms with Crippen LogP contribution >= 0.6 is 0 Å². The standard InChI is InChI=1S/C26H22FN5O5/c1-36-21-12-11-18(13-22(21)37-2)28-23(33)15-31-26(35)32-20-6-4-3-5-19(20)24(34)30(25(32)29-31)14-16-7-9-17(27)10-8-16/h3-13H,14-15H2,1-2H3,(H,28,33). The van der Waals surface area contributed by atoms with E-state index in [0.29, 0.717) is 33.7 Å². The highest BCUT2D eigenvalue weighted by molar-refractivity contribution is 5.91. The van der Waals surface area contributed by atoms with E-state index in [1.807, 2.05) is 0 Å². The first-order valence-corrected chi connectivity index (χ1v) is 11.3. The highest BCUT2D eigenvalue weighted by Crippen LogP contribution is 2.29. The normalized spacial score (nSPS) is 11.1. The molecule has 10 nitrogen and oxygen atoms in total. The number of nitrogens with one attached hydrogen (secondary N) is 1. The van der Waals surface area contributed by atoms with Crippen molar-refractivity contribution >= 4 is 28.3 Å². The molecule has 0 aliphatic heterocycles. The number of benzene rings is 3. The Bertz CT molecular complexity index is 1750. The van der Waals surface area contributed by atoms with Gasteiger partial charge in [0.2, 0.25) is 11.7 Å². The lowest BCUT2D eigenvalue weighted by molar-refractivity contribution is -0.117. The topological polar surface area (TPSA) is 109 Å². The zero-order valence-electron chi connectivity index (χ0n) is 20.0. The Morgan fingerprint density at radius 3 is 2.43 bits per heavy atom. The number of rotatable bonds is 7. The van der Waals surface area contributed by atoms with Crippen LogP contribution in [0.15, 0.2) is 76.3 Å². The Labute approximate surface area is 209 Å². The van der Waals surface area contributed by atoms with Crippen LogP contribution in [0.5, 0.6) is 11.5 Å². The monoisotopic (exact) mass is 503 g/mol. The molecule has 0 saturated heterocycles. The van der Waals surface area contributed by atoms with E-state index in [1.165, 1.54) is 35.3 Å². The zero-order chi connectivity index (χ0) is 26.1. The van der Waals surface area contributed by atoms with Crippen LogP contribution < -0.4 is 26.0 Å². The predicted octanol–water partition coefficient (Wildman–Crippen LogP) is 2.65. The lowest BCUT2D eigenvalue weighted by Crippen LogP contribution is -2.29. The maximum absolute atomic E-state index is 13.4. The van der Waals surface area contributed by atoms with E-state index in [1.54, 1.807) is 54.6 Å². The van der Waals surface area contributed by atoms with Crippen molar-refractivity contribution in [1.29, 1.82) is 0 Å². The number of fused-ring (bicyclic) bond motifs is 3. The molecule has 188 valence electrons. The lowest BCUT2D eigenvalue weighted by Gasteiger charge is -2.10. The van der Waals surface area contributed by atoms with Gasteiger partial charge in [0.15, 0.2) is 11.5 Å². The number of halogens is 1. The fourth-order valence-corrected chi connectivity index (χ4v) is 4.14. The summed E-state index contributed by atoms with van der Waals surface area (Å²) in [5, 5.41) is 7.35. The smallest absolute Gasteiger partial charge is 0.352 e. The van der Waals surface area contributed by atoms with Gasteiger partial charge in [0.25, 0.3) is 5.56 Å². The molecule has 0 bridgehead atoms. The number of aromatic nitrogens is 4. The molecule has 5 rings (SSSR count). The summed E-state index contributed by atoms with van der Waals surface area (Å²) in [5.74, 6) is 0.0942. The van der Waals surface area contributed by atoms with Gasteiger partial charge in [-0.25, -0.2) is 18.3 Å². The van der Waals surface area contributed by atoms with E-state index in [0.717, 1.165) is 4.68 Å². The highest BCUT2D eigenvalue weighted by Gasteiger charge is 2.19. The molecule has 0 atom stereocenters. The minimum atomic E-state index is -0.582. The number of para-hydroxylation sites is 1. The molecule has 2 aromatic heterocycles. The summed E-state index contributed by atoms with van der Waals surface area (Å²) in [6, 6.07) is 17.2. The molecule has 0 saturated carbocycles. The van der Waals surface area contributed by atoms with E-state index in [9.17, 15) is 18.8 Å². The van der Waals surface area contributed by atoms with Crippen molar-refractivity contribution in [2.75, 3.05) is 19.5 Å². The minimum Gasteiger partial charge on any atom is -0.493 e. The van der Waals surface area contributed by atoms with Crippen LogP contribution in [-0.2, 0) is 17.9 Å². The van der Waals surface area contributed by atoms with Crippen molar-refractivity contribution in [3.8, 4) is 11.5 Å². The number of ether oxygens (including phenoxy) is 2. The first-order valence-electron chi connectivity index (χ1n) is 11.3. The molecule has 0 spiro atoms. The van der Waals surface area contributed by atoms with Crippen molar-refractivity contribution in [1.82, 2.24) is 18.7 Å². The Morgan fingerprint density at radius 2 is 1.70 bits per heavy atom. The molecule has 37 heavy (non-hydrogen) atoms. The summed E-state index contributed by atoms with van der Waals surface area (Å²) in [5.41, 5.74) is 0.516. The number of anilines is 1. The molecule has 0 radical (unpaired) electrons. The maximum atomic E-state index is 13.4. The molecule has 0 aliphatic carbocycles. The second-order valence-corrected chi connectivity index (χ2v) is 8.23. The van der Waals surface area contributed by atoms with Crippen LogP contribution in [-0.4, -0.2) is 38.9 Å². The summed E-state index contributed by atoms with van der Waals surface area (Å²) in [7, 11) is 2.99. The van der Waals surface area contributed by atoms with Gasteiger partial charge in [-0.15, -0.1) is 5.10 Å². The average Bonchev–Trinajstić information content (AvgIpc) is 3.22. The summed E-state index contributed by atoms with van der Waals surface area (Å²) in [6.07, 6.45) is 0. The first kappa shape index (κ1) is 23.8. The largest absolute Gasteiger partial charge is 0.493 e. The number of carbonyl (C=O) groups is 1. The molecule has 2 heterocycles. The Hall–Kier alpha value is -4.93. The SMILES string of the molecule is COc1ccc(NC(=O)Cn2nc3n(Cc4ccc(F)cc4)c(=O)c4ccccc4n3c2=O)cc1OC. The third kappa shape index (κ3) is 4.42. The quantitative estimate of drug-likeness (QED) is 0.366. The van der Waals surface area contributed by atoms with Gasteiger partial charge in [-0.1, -0.05) is 24.3 Å². The molecule has 0 aliphatic rings. The number of nitrogens with zero attached hydrogens (tertiary/aromatic N) is 4. The summed E-state index contributed by atoms with van der Waals surface area (Å²) < 4.78 is 27.5. The number of hydrogen-bond donors (Lipinski definition) is 1. The Kier molecular flexibility index (Phi) is 6.18. The van der Waals surface area contributed by atoms with E-state index >= 15 is 0 Å². The van der Waals surface area contributed by atoms with Gasteiger partial charge >= 0.3 is 5.69 Å². The van der Waals surface area contributed by atoms with Gasteiger partial charge in [-0.2, -0.15) is 0 Å². The van der Waals surface area contributed by atoms with Crippen molar-refractivity contribution in [3.05, 3.63) is 98.9 Å². The third-order valence-electron chi connectivity index (χ3n) is 5.90. The van der Waals surface area contributed by atoms with Crippen LogP contribution in [0.2, 0.25) is 0 Å². The molecule has 3 aromatic carbocycles. The Balaban J connectivity index is 1.55. The third-order valence-corrected chi connectivity index (χ3v) is 5.90. The molecule has 1 N–H and O–H groups in total. The van der Waals surface area contributed by atoms with E-state index in [4.69, 9.17) is 9.47 Å². The predicted molar refractivity (Wildman–Crippen MR) is 135 cm³/mol. The van der Waals surface area contributed by atoms with Crippen molar-refractivity contribution in [2.24, 2.45) is 0 Å². The van der Waals surface area contributed by atoms with Crippen LogP contribution in [0.25, 0.3) is 16.7 Å². The van der Waals surface area contributed by atoms with Crippen LogP contribution in [0.1, 0.15) is 5.56 Å². The highest BCUT2D eigenvalue weighted by atomic mass is 19.1. The molecular formula is C26H22FN5O5. The van der Waals surface area contributed by atoms with Crippen molar-refractivity contribution in [2.45, 2.75) is 13.1 Å². The molecule has 0 unspecified atom stereocenters. The van der Waals surface area contributed by atoms with Gasteiger partial charge in [0, 0.05) is 11.8 Å². The number of carbonyl (C=O) groups excluding carboxylic acids is 1. The lowest BCUT2D eigenvalue weighted by atomic mass is 10.2.